The van der Waals surface area contributed by atoms with E-state index in [9.17, 15) is 0 Å². The summed E-state index contributed by atoms with van der Waals surface area (Å²) in [5.74, 6) is 1.57. The van der Waals surface area contributed by atoms with E-state index >= 15 is 0 Å². The summed E-state index contributed by atoms with van der Waals surface area (Å²) in [5.41, 5.74) is 2.05. The molecule has 0 aliphatic heterocycles. The molecule has 1 heterocycles. The molecule has 0 spiro atoms. The normalized spacial score (nSPS) is 10.6. The topological polar surface area (TPSA) is 31.4 Å². The van der Waals surface area contributed by atoms with Gasteiger partial charge in [-0.3, -0.25) is 4.98 Å². The smallest absolute Gasteiger partial charge is 0.129 e. The molecule has 3 nitrogen and oxygen atoms in total. The molecule has 0 saturated heterocycles. The van der Waals surface area contributed by atoms with E-state index in [1.165, 1.54) is 0 Å². The number of aromatic nitrogens is 1. The van der Waals surface area contributed by atoms with Crippen LogP contribution in [0.25, 0.3) is 12.2 Å². The molecule has 1 aromatic heterocycles. The monoisotopic (exact) mass is 241 g/mol. The molecule has 18 heavy (non-hydrogen) atoms. The Balaban J connectivity index is 2.26. The molecule has 0 saturated carbocycles. The van der Waals surface area contributed by atoms with Crippen LogP contribution in [0.15, 0.2) is 42.7 Å². The minimum atomic E-state index is 0.783. The predicted molar refractivity (Wildman–Crippen MR) is 72.7 cm³/mol. The zero-order valence-corrected chi connectivity index (χ0v) is 10.5. The lowest BCUT2D eigenvalue weighted by atomic mass is 10.1. The van der Waals surface area contributed by atoms with Gasteiger partial charge in [0.25, 0.3) is 0 Å². The van der Waals surface area contributed by atoms with Gasteiger partial charge < -0.3 is 9.47 Å². The summed E-state index contributed by atoms with van der Waals surface area (Å²) in [7, 11) is 3.29. The second-order valence-corrected chi connectivity index (χ2v) is 3.73. The summed E-state index contributed by atoms with van der Waals surface area (Å²) in [6.07, 6.45) is 7.56. The molecule has 0 fully saturated rings. The third-order valence-electron chi connectivity index (χ3n) is 2.58. The van der Waals surface area contributed by atoms with Crippen molar-refractivity contribution in [3.8, 4) is 11.5 Å². The Kier molecular flexibility index (Phi) is 3.97. The SMILES string of the molecule is COc1ccc(/C=C/c2cccnc2)c(OC)c1. The van der Waals surface area contributed by atoms with Crippen LogP contribution in [0.3, 0.4) is 0 Å². The van der Waals surface area contributed by atoms with Crippen molar-refractivity contribution in [3.05, 3.63) is 53.9 Å². The lowest BCUT2D eigenvalue weighted by Gasteiger charge is -2.07. The van der Waals surface area contributed by atoms with Crippen molar-refractivity contribution in [2.75, 3.05) is 14.2 Å². The Labute approximate surface area is 107 Å². The maximum Gasteiger partial charge on any atom is 0.129 e. The van der Waals surface area contributed by atoms with E-state index in [4.69, 9.17) is 9.47 Å². The minimum Gasteiger partial charge on any atom is -0.497 e. The van der Waals surface area contributed by atoms with Crippen molar-refractivity contribution in [2.45, 2.75) is 0 Å². The zero-order chi connectivity index (χ0) is 12.8. The van der Waals surface area contributed by atoms with E-state index < -0.39 is 0 Å². The average Bonchev–Trinajstić information content (AvgIpc) is 2.46. The first kappa shape index (κ1) is 12.2. The maximum atomic E-state index is 5.33. The molecule has 0 N–H and O–H groups in total. The predicted octanol–water partition coefficient (Wildman–Crippen LogP) is 3.27. The van der Waals surface area contributed by atoms with Gasteiger partial charge in [0, 0.05) is 24.0 Å². The molecule has 0 bridgehead atoms. The van der Waals surface area contributed by atoms with Crippen molar-refractivity contribution >= 4 is 12.2 Å². The number of nitrogens with zero attached hydrogens (tertiary/aromatic N) is 1. The standard InChI is InChI=1S/C15H15NO2/c1-17-14-8-7-13(15(10-14)18-2)6-5-12-4-3-9-16-11-12/h3-11H,1-2H3/b6-5+. The van der Waals surface area contributed by atoms with Gasteiger partial charge in [0.15, 0.2) is 0 Å². The van der Waals surface area contributed by atoms with Crippen molar-refractivity contribution in [1.29, 1.82) is 0 Å². The highest BCUT2D eigenvalue weighted by atomic mass is 16.5. The summed E-state index contributed by atoms with van der Waals surface area (Å²) in [6, 6.07) is 9.64. The van der Waals surface area contributed by atoms with Crippen molar-refractivity contribution in [2.24, 2.45) is 0 Å². The Hall–Kier alpha value is -2.29. The fourth-order valence-electron chi connectivity index (χ4n) is 1.62. The summed E-state index contributed by atoms with van der Waals surface area (Å²) in [4.78, 5) is 4.06. The molecule has 0 amide bonds. The molecule has 0 atom stereocenters. The highest BCUT2D eigenvalue weighted by Gasteiger charge is 2.01. The van der Waals surface area contributed by atoms with Crippen LogP contribution in [0.4, 0.5) is 0 Å². The lowest BCUT2D eigenvalue weighted by Crippen LogP contribution is -1.89. The Morgan fingerprint density at radius 1 is 1.06 bits per heavy atom. The third-order valence-corrected chi connectivity index (χ3v) is 2.58. The van der Waals surface area contributed by atoms with Gasteiger partial charge in [-0.05, 0) is 23.8 Å². The van der Waals surface area contributed by atoms with E-state index in [0.717, 1.165) is 22.6 Å². The molecule has 2 aromatic rings. The van der Waals surface area contributed by atoms with Gasteiger partial charge in [-0.15, -0.1) is 0 Å². The fraction of sp³-hybridized carbons (Fsp3) is 0.133. The van der Waals surface area contributed by atoms with Gasteiger partial charge in [-0.25, -0.2) is 0 Å². The summed E-state index contributed by atoms with van der Waals surface area (Å²) < 4.78 is 10.5. The highest BCUT2D eigenvalue weighted by Crippen LogP contribution is 2.26. The number of pyridine rings is 1. The molecule has 0 unspecified atom stereocenters. The number of ether oxygens (including phenoxy) is 2. The average molecular weight is 241 g/mol. The van der Waals surface area contributed by atoms with Crippen LogP contribution in [0, 0.1) is 0 Å². The van der Waals surface area contributed by atoms with Crippen LogP contribution in [-0.2, 0) is 0 Å². The van der Waals surface area contributed by atoms with Crippen LogP contribution >= 0.6 is 0 Å². The Bertz CT molecular complexity index is 535. The van der Waals surface area contributed by atoms with E-state index in [2.05, 4.69) is 4.98 Å². The molecular weight excluding hydrogens is 226 g/mol. The van der Waals surface area contributed by atoms with E-state index in [-0.39, 0.29) is 0 Å². The minimum absolute atomic E-state index is 0.783. The quantitative estimate of drug-likeness (QED) is 0.823. The number of hydrogen-bond donors (Lipinski definition) is 0. The molecule has 3 heteroatoms. The Morgan fingerprint density at radius 2 is 1.94 bits per heavy atom. The second kappa shape index (κ2) is 5.87. The summed E-state index contributed by atoms with van der Waals surface area (Å²) >= 11 is 0. The summed E-state index contributed by atoms with van der Waals surface area (Å²) in [6.45, 7) is 0. The van der Waals surface area contributed by atoms with Crippen LogP contribution in [0.2, 0.25) is 0 Å². The van der Waals surface area contributed by atoms with E-state index in [0.29, 0.717) is 0 Å². The molecular formula is C15H15NO2. The lowest BCUT2D eigenvalue weighted by molar-refractivity contribution is 0.394. The Morgan fingerprint density at radius 3 is 2.61 bits per heavy atom. The second-order valence-electron chi connectivity index (χ2n) is 3.73. The zero-order valence-electron chi connectivity index (χ0n) is 10.5. The third kappa shape index (κ3) is 2.88. The maximum absolute atomic E-state index is 5.33. The van der Waals surface area contributed by atoms with Crippen molar-refractivity contribution in [3.63, 3.8) is 0 Å². The van der Waals surface area contributed by atoms with Gasteiger partial charge in [0.05, 0.1) is 14.2 Å². The first-order chi connectivity index (χ1) is 8.83. The van der Waals surface area contributed by atoms with Crippen LogP contribution in [-0.4, -0.2) is 19.2 Å². The molecule has 1 aromatic carbocycles. The van der Waals surface area contributed by atoms with Gasteiger partial charge in [-0.2, -0.15) is 0 Å². The van der Waals surface area contributed by atoms with Gasteiger partial charge in [0.2, 0.25) is 0 Å². The molecule has 0 aliphatic rings. The van der Waals surface area contributed by atoms with Crippen LogP contribution in [0.1, 0.15) is 11.1 Å². The molecule has 92 valence electrons. The molecule has 2 rings (SSSR count). The van der Waals surface area contributed by atoms with Crippen molar-refractivity contribution in [1.82, 2.24) is 4.98 Å². The molecule has 0 radical (unpaired) electrons. The first-order valence-corrected chi connectivity index (χ1v) is 5.63. The van der Waals surface area contributed by atoms with E-state index in [1.807, 2.05) is 48.7 Å². The first-order valence-electron chi connectivity index (χ1n) is 5.63. The van der Waals surface area contributed by atoms with Crippen LogP contribution < -0.4 is 9.47 Å². The van der Waals surface area contributed by atoms with Gasteiger partial charge in [0.1, 0.15) is 11.5 Å². The van der Waals surface area contributed by atoms with Crippen molar-refractivity contribution < 1.29 is 9.47 Å². The summed E-state index contributed by atoms with van der Waals surface area (Å²) in [5, 5.41) is 0. The number of methoxy groups -OCH3 is 2. The number of hydrogen-bond acceptors (Lipinski definition) is 3. The fourth-order valence-corrected chi connectivity index (χ4v) is 1.62. The van der Waals surface area contributed by atoms with Crippen LogP contribution in [0.5, 0.6) is 11.5 Å². The molecule has 0 aliphatic carbocycles. The van der Waals surface area contributed by atoms with Gasteiger partial charge >= 0.3 is 0 Å². The van der Waals surface area contributed by atoms with E-state index in [1.54, 1.807) is 20.4 Å². The van der Waals surface area contributed by atoms with Gasteiger partial charge in [-0.1, -0.05) is 18.2 Å². The number of benzene rings is 1. The highest BCUT2D eigenvalue weighted by molar-refractivity contribution is 5.72. The number of rotatable bonds is 4. The largest absolute Gasteiger partial charge is 0.497 e.